The van der Waals surface area contributed by atoms with E-state index in [1.165, 1.54) is 0 Å². The first-order valence-electron chi connectivity index (χ1n) is 3.92. The second-order valence-corrected chi connectivity index (χ2v) is 1.49. The molecule has 0 heterocycles. The van der Waals surface area contributed by atoms with Crippen molar-refractivity contribution < 1.29 is 4.74 Å². The van der Waals surface area contributed by atoms with E-state index in [9.17, 15) is 0 Å². The summed E-state index contributed by atoms with van der Waals surface area (Å²) in [5.74, 6) is 0.678. The van der Waals surface area contributed by atoms with Crippen LogP contribution in [0.15, 0.2) is 37.1 Å². The first-order chi connectivity index (χ1) is 5.31. The molecule has 1 nitrogen and oxygen atoms in total. The van der Waals surface area contributed by atoms with Crippen LogP contribution in [-0.4, -0.2) is 6.61 Å². The predicted molar refractivity (Wildman–Crippen MR) is 51.5 cm³/mol. The highest BCUT2D eigenvalue weighted by Crippen LogP contribution is 1.93. The lowest BCUT2D eigenvalue weighted by atomic mass is 10.4. The van der Waals surface area contributed by atoms with Crippen LogP contribution >= 0.6 is 0 Å². The quantitative estimate of drug-likeness (QED) is 0.446. The topological polar surface area (TPSA) is 9.23 Å². The van der Waals surface area contributed by atoms with Crippen LogP contribution in [-0.2, 0) is 4.74 Å². The minimum absolute atomic E-state index is 0.667. The van der Waals surface area contributed by atoms with Crippen molar-refractivity contribution in [1.82, 2.24) is 0 Å². The second kappa shape index (κ2) is 11.8. The second-order valence-electron chi connectivity index (χ2n) is 1.49. The SMILES string of the molecule is C=C/C=C\C(=C)OCC.CC. The van der Waals surface area contributed by atoms with Gasteiger partial charge in [0.2, 0.25) is 0 Å². The fourth-order valence-electron chi connectivity index (χ4n) is 0.409. The van der Waals surface area contributed by atoms with Gasteiger partial charge in [-0.25, -0.2) is 0 Å². The van der Waals surface area contributed by atoms with E-state index in [1.807, 2.05) is 20.8 Å². The highest BCUT2D eigenvalue weighted by molar-refractivity contribution is 5.12. The van der Waals surface area contributed by atoms with Gasteiger partial charge < -0.3 is 4.74 Å². The average molecular weight is 154 g/mol. The molecule has 0 bridgehead atoms. The van der Waals surface area contributed by atoms with Gasteiger partial charge in [-0.1, -0.05) is 39.2 Å². The lowest BCUT2D eigenvalue weighted by molar-refractivity contribution is 0.244. The van der Waals surface area contributed by atoms with Crippen molar-refractivity contribution in [3.8, 4) is 0 Å². The Kier molecular flexibility index (Phi) is 13.6. The Morgan fingerprint density at radius 1 is 1.45 bits per heavy atom. The maximum absolute atomic E-state index is 5.01. The summed E-state index contributed by atoms with van der Waals surface area (Å²) in [4.78, 5) is 0. The molecule has 0 spiro atoms. The van der Waals surface area contributed by atoms with Crippen molar-refractivity contribution >= 4 is 0 Å². The molecule has 11 heavy (non-hydrogen) atoms. The van der Waals surface area contributed by atoms with Crippen LogP contribution in [0.25, 0.3) is 0 Å². The highest BCUT2D eigenvalue weighted by Gasteiger charge is 1.80. The van der Waals surface area contributed by atoms with Crippen LogP contribution < -0.4 is 0 Å². The van der Waals surface area contributed by atoms with Gasteiger partial charge in [-0.3, -0.25) is 0 Å². The smallest absolute Gasteiger partial charge is 0.112 e. The number of rotatable bonds is 4. The molecule has 0 aliphatic carbocycles. The molecule has 0 unspecified atom stereocenters. The fourth-order valence-corrected chi connectivity index (χ4v) is 0.409. The average Bonchev–Trinajstić information content (AvgIpc) is 2.05. The lowest BCUT2D eigenvalue weighted by Crippen LogP contribution is -1.84. The summed E-state index contributed by atoms with van der Waals surface area (Å²) in [6, 6.07) is 0. The maximum Gasteiger partial charge on any atom is 0.112 e. The summed E-state index contributed by atoms with van der Waals surface area (Å²) in [5, 5.41) is 0. The van der Waals surface area contributed by atoms with E-state index in [2.05, 4.69) is 13.2 Å². The van der Waals surface area contributed by atoms with Crippen LogP contribution in [0, 0.1) is 0 Å². The summed E-state index contributed by atoms with van der Waals surface area (Å²) >= 11 is 0. The van der Waals surface area contributed by atoms with Gasteiger partial charge in [0.1, 0.15) is 5.76 Å². The molecule has 0 amide bonds. The molecular weight excluding hydrogens is 136 g/mol. The summed E-state index contributed by atoms with van der Waals surface area (Å²) in [6.45, 7) is 13.7. The number of hydrogen-bond acceptors (Lipinski definition) is 1. The van der Waals surface area contributed by atoms with Crippen molar-refractivity contribution in [2.75, 3.05) is 6.61 Å². The van der Waals surface area contributed by atoms with E-state index >= 15 is 0 Å². The normalized spacial score (nSPS) is 8.27. The fraction of sp³-hybridized carbons (Fsp3) is 0.400. The summed E-state index contributed by atoms with van der Waals surface area (Å²) < 4.78 is 5.01. The van der Waals surface area contributed by atoms with Crippen LogP contribution in [0.5, 0.6) is 0 Å². The number of allylic oxidation sites excluding steroid dienone is 3. The van der Waals surface area contributed by atoms with E-state index in [4.69, 9.17) is 4.74 Å². The van der Waals surface area contributed by atoms with E-state index in [0.29, 0.717) is 12.4 Å². The van der Waals surface area contributed by atoms with E-state index in [0.717, 1.165) is 0 Å². The van der Waals surface area contributed by atoms with Crippen LogP contribution in [0.1, 0.15) is 20.8 Å². The van der Waals surface area contributed by atoms with Crippen molar-refractivity contribution in [2.24, 2.45) is 0 Å². The molecule has 0 radical (unpaired) electrons. The zero-order valence-electron chi connectivity index (χ0n) is 7.76. The first kappa shape index (κ1) is 12.7. The molecule has 0 aromatic heterocycles. The van der Waals surface area contributed by atoms with Gasteiger partial charge >= 0.3 is 0 Å². The Labute approximate surface area is 70.1 Å². The Morgan fingerprint density at radius 2 is 2.00 bits per heavy atom. The van der Waals surface area contributed by atoms with Crippen molar-refractivity contribution in [3.63, 3.8) is 0 Å². The Balaban J connectivity index is 0. The Morgan fingerprint density at radius 3 is 2.36 bits per heavy atom. The molecule has 0 saturated heterocycles. The van der Waals surface area contributed by atoms with Gasteiger partial charge in [0.15, 0.2) is 0 Å². The van der Waals surface area contributed by atoms with Crippen LogP contribution in [0.3, 0.4) is 0 Å². The van der Waals surface area contributed by atoms with Gasteiger partial charge in [-0.2, -0.15) is 0 Å². The predicted octanol–water partition coefficient (Wildman–Crippen LogP) is 3.31. The molecule has 0 rings (SSSR count). The molecule has 0 N–H and O–H groups in total. The van der Waals surface area contributed by atoms with Gasteiger partial charge in [-0.15, -0.1) is 0 Å². The van der Waals surface area contributed by atoms with Crippen LogP contribution in [0.2, 0.25) is 0 Å². The van der Waals surface area contributed by atoms with E-state index < -0.39 is 0 Å². The molecular formula is C10H18O. The monoisotopic (exact) mass is 154 g/mol. The molecule has 0 atom stereocenters. The molecule has 64 valence electrons. The van der Waals surface area contributed by atoms with Crippen molar-refractivity contribution in [1.29, 1.82) is 0 Å². The standard InChI is InChI=1S/C8H12O.C2H6/c1-4-6-7-8(3)9-5-2;1-2/h4,6-7H,1,3,5H2,2H3;1-2H3/b7-6-;. The summed E-state index contributed by atoms with van der Waals surface area (Å²) in [5.41, 5.74) is 0. The van der Waals surface area contributed by atoms with Gasteiger partial charge in [-0.05, 0) is 13.0 Å². The van der Waals surface area contributed by atoms with Crippen LogP contribution in [0.4, 0.5) is 0 Å². The van der Waals surface area contributed by atoms with E-state index in [-0.39, 0.29) is 0 Å². The summed E-state index contributed by atoms with van der Waals surface area (Å²) in [7, 11) is 0. The molecule has 0 aromatic rings. The third-order valence-electron chi connectivity index (χ3n) is 0.748. The third-order valence-corrected chi connectivity index (χ3v) is 0.748. The molecule has 0 aliphatic rings. The number of hydrogen-bond donors (Lipinski definition) is 0. The molecule has 1 heteroatoms. The largest absolute Gasteiger partial charge is 0.495 e. The van der Waals surface area contributed by atoms with Gasteiger partial charge in [0.25, 0.3) is 0 Å². The zero-order valence-corrected chi connectivity index (χ0v) is 7.76. The maximum atomic E-state index is 5.01. The molecule has 0 saturated carbocycles. The highest BCUT2D eigenvalue weighted by atomic mass is 16.5. The van der Waals surface area contributed by atoms with Gasteiger partial charge in [0.05, 0.1) is 6.61 Å². The minimum atomic E-state index is 0.667. The zero-order chi connectivity index (χ0) is 9.11. The summed E-state index contributed by atoms with van der Waals surface area (Å²) in [6.07, 6.45) is 5.25. The van der Waals surface area contributed by atoms with Crippen molar-refractivity contribution in [2.45, 2.75) is 20.8 Å². The first-order valence-corrected chi connectivity index (χ1v) is 3.92. The number of ether oxygens (including phenoxy) is 1. The molecule has 0 fully saturated rings. The molecule has 0 aliphatic heterocycles. The van der Waals surface area contributed by atoms with Gasteiger partial charge in [0, 0.05) is 0 Å². The third kappa shape index (κ3) is 12.3. The van der Waals surface area contributed by atoms with Crippen molar-refractivity contribution in [3.05, 3.63) is 37.1 Å². The van der Waals surface area contributed by atoms with E-state index in [1.54, 1.807) is 18.2 Å². The lowest BCUT2D eigenvalue weighted by Gasteiger charge is -1.98. The Hall–Kier alpha value is -0.980. The minimum Gasteiger partial charge on any atom is -0.495 e. The molecule has 0 aromatic carbocycles. The Bertz CT molecular complexity index is 123.